The van der Waals surface area contributed by atoms with Crippen LogP contribution in [0.15, 0.2) is 30.6 Å². The van der Waals surface area contributed by atoms with Crippen LogP contribution in [0.5, 0.6) is 0 Å². The van der Waals surface area contributed by atoms with E-state index in [0.717, 1.165) is 76.6 Å². The molecule has 0 spiro atoms. The number of hydrogen-bond donors (Lipinski definition) is 1. The molecular weight excluding hydrogens is 312 g/mol. The van der Waals surface area contributed by atoms with E-state index in [1.165, 1.54) is 16.7 Å². The Labute approximate surface area is 149 Å². The average molecular weight is 338 g/mol. The number of morpholine rings is 1. The number of fused-ring (bicyclic) bond motifs is 3. The fourth-order valence-electron chi connectivity index (χ4n) is 3.79. The minimum absolute atomic E-state index is 0.867. The highest BCUT2D eigenvalue weighted by atomic mass is 16.5. The second-order valence-electron chi connectivity index (χ2n) is 6.79. The second kappa shape index (κ2) is 7.93. The molecule has 2 aliphatic rings. The van der Waals surface area contributed by atoms with Crippen LogP contribution in [0.2, 0.25) is 0 Å². The van der Waals surface area contributed by atoms with E-state index >= 15 is 0 Å². The van der Waals surface area contributed by atoms with Gasteiger partial charge in [0.25, 0.3) is 0 Å². The lowest BCUT2D eigenvalue weighted by molar-refractivity contribution is 0.0378. The summed E-state index contributed by atoms with van der Waals surface area (Å²) in [7, 11) is 0. The summed E-state index contributed by atoms with van der Waals surface area (Å²) in [6.07, 6.45) is 6.13. The molecule has 1 aliphatic heterocycles. The van der Waals surface area contributed by atoms with Crippen LogP contribution in [0, 0.1) is 0 Å². The van der Waals surface area contributed by atoms with Crippen molar-refractivity contribution < 1.29 is 4.74 Å². The molecule has 0 atom stereocenters. The molecule has 5 nitrogen and oxygen atoms in total. The van der Waals surface area contributed by atoms with Gasteiger partial charge in [-0.15, -0.1) is 0 Å². The molecule has 5 heteroatoms. The zero-order valence-corrected chi connectivity index (χ0v) is 14.7. The van der Waals surface area contributed by atoms with Crippen molar-refractivity contribution in [1.82, 2.24) is 14.9 Å². The van der Waals surface area contributed by atoms with Crippen molar-refractivity contribution in [2.24, 2.45) is 0 Å². The summed E-state index contributed by atoms with van der Waals surface area (Å²) >= 11 is 0. The van der Waals surface area contributed by atoms with E-state index in [9.17, 15) is 0 Å². The van der Waals surface area contributed by atoms with Crippen molar-refractivity contribution in [2.75, 3.05) is 44.7 Å². The van der Waals surface area contributed by atoms with Gasteiger partial charge in [-0.25, -0.2) is 9.97 Å². The molecule has 0 unspecified atom stereocenters. The number of benzene rings is 1. The Morgan fingerprint density at radius 2 is 1.96 bits per heavy atom. The average Bonchev–Trinajstić information content (AvgIpc) is 2.86. The van der Waals surface area contributed by atoms with Gasteiger partial charge >= 0.3 is 0 Å². The minimum atomic E-state index is 0.867. The van der Waals surface area contributed by atoms with Crippen LogP contribution in [0.25, 0.3) is 11.3 Å². The van der Waals surface area contributed by atoms with E-state index in [4.69, 9.17) is 4.74 Å². The first kappa shape index (κ1) is 16.5. The summed E-state index contributed by atoms with van der Waals surface area (Å²) in [6.45, 7) is 5.91. The molecule has 0 bridgehead atoms. The van der Waals surface area contributed by atoms with E-state index in [2.05, 4.69) is 44.5 Å². The Balaban J connectivity index is 1.43. The van der Waals surface area contributed by atoms with Crippen molar-refractivity contribution in [3.05, 3.63) is 41.7 Å². The molecule has 132 valence electrons. The summed E-state index contributed by atoms with van der Waals surface area (Å²) in [6, 6.07) is 8.64. The molecule has 0 radical (unpaired) electrons. The van der Waals surface area contributed by atoms with Gasteiger partial charge in [0.1, 0.15) is 12.1 Å². The Hall–Kier alpha value is -1.98. The van der Waals surface area contributed by atoms with Gasteiger partial charge in [-0.2, -0.15) is 0 Å². The third kappa shape index (κ3) is 3.83. The number of anilines is 1. The fraction of sp³-hybridized carbons (Fsp3) is 0.500. The first-order chi connectivity index (χ1) is 12.4. The molecule has 1 aromatic heterocycles. The van der Waals surface area contributed by atoms with Gasteiger partial charge in [0, 0.05) is 30.8 Å². The number of aromatic nitrogens is 2. The van der Waals surface area contributed by atoms with Gasteiger partial charge in [0.2, 0.25) is 0 Å². The highest BCUT2D eigenvalue weighted by molar-refractivity contribution is 5.72. The molecule has 1 fully saturated rings. The van der Waals surface area contributed by atoms with E-state index in [1.807, 2.05) is 0 Å². The predicted molar refractivity (Wildman–Crippen MR) is 99.9 cm³/mol. The monoisotopic (exact) mass is 338 g/mol. The van der Waals surface area contributed by atoms with Crippen LogP contribution in [0.4, 0.5) is 5.82 Å². The normalized spacial score (nSPS) is 17.4. The molecular formula is C20H26N4O. The van der Waals surface area contributed by atoms with Crippen LogP contribution < -0.4 is 5.32 Å². The first-order valence-electron chi connectivity index (χ1n) is 9.38. The molecule has 4 rings (SSSR count). The molecule has 1 saturated heterocycles. The Morgan fingerprint density at radius 1 is 1.08 bits per heavy atom. The molecule has 1 aromatic carbocycles. The predicted octanol–water partition coefficient (Wildman–Crippen LogP) is 2.77. The van der Waals surface area contributed by atoms with Gasteiger partial charge in [-0.05, 0) is 37.8 Å². The highest BCUT2D eigenvalue weighted by Gasteiger charge is 2.18. The Kier molecular flexibility index (Phi) is 5.23. The number of ether oxygens (including phenoxy) is 1. The van der Waals surface area contributed by atoms with Gasteiger partial charge in [-0.3, -0.25) is 4.90 Å². The van der Waals surface area contributed by atoms with Gasteiger partial charge < -0.3 is 10.1 Å². The maximum absolute atomic E-state index is 5.40. The number of rotatable bonds is 5. The number of nitrogens with zero attached hydrogens (tertiary/aromatic N) is 3. The lowest BCUT2D eigenvalue weighted by atomic mass is 10.0. The van der Waals surface area contributed by atoms with Gasteiger partial charge in [0.05, 0.1) is 18.9 Å². The van der Waals surface area contributed by atoms with Crippen molar-refractivity contribution in [3.8, 4) is 11.3 Å². The van der Waals surface area contributed by atoms with Crippen LogP contribution in [-0.4, -0.2) is 54.3 Å². The maximum Gasteiger partial charge on any atom is 0.133 e. The Bertz CT molecular complexity index is 713. The molecule has 2 heterocycles. The second-order valence-corrected chi connectivity index (χ2v) is 6.79. The molecule has 2 aromatic rings. The number of aryl methyl sites for hydroxylation is 1. The van der Waals surface area contributed by atoms with E-state index < -0.39 is 0 Å². The zero-order chi connectivity index (χ0) is 16.9. The molecule has 1 aliphatic carbocycles. The van der Waals surface area contributed by atoms with Crippen molar-refractivity contribution in [3.63, 3.8) is 0 Å². The van der Waals surface area contributed by atoms with Crippen LogP contribution in [0.3, 0.4) is 0 Å². The highest BCUT2D eigenvalue weighted by Crippen LogP contribution is 2.33. The Morgan fingerprint density at radius 3 is 2.88 bits per heavy atom. The summed E-state index contributed by atoms with van der Waals surface area (Å²) in [4.78, 5) is 11.6. The molecule has 1 N–H and O–H groups in total. The van der Waals surface area contributed by atoms with Gasteiger partial charge in [0.15, 0.2) is 0 Å². The lowest BCUT2D eigenvalue weighted by Crippen LogP contribution is -2.37. The van der Waals surface area contributed by atoms with Crippen molar-refractivity contribution in [2.45, 2.75) is 25.7 Å². The number of hydrogen-bond acceptors (Lipinski definition) is 5. The van der Waals surface area contributed by atoms with Crippen LogP contribution in [-0.2, 0) is 17.6 Å². The van der Waals surface area contributed by atoms with Crippen molar-refractivity contribution in [1.29, 1.82) is 0 Å². The molecule has 25 heavy (non-hydrogen) atoms. The first-order valence-corrected chi connectivity index (χ1v) is 9.38. The number of nitrogens with one attached hydrogen (secondary N) is 1. The smallest absolute Gasteiger partial charge is 0.133 e. The summed E-state index contributed by atoms with van der Waals surface area (Å²) in [5, 5.41) is 3.56. The van der Waals surface area contributed by atoms with Crippen LogP contribution >= 0.6 is 0 Å². The quantitative estimate of drug-likeness (QED) is 0.850. The van der Waals surface area contributed by atoms with E-state index in [1.54, 1.807) is 6.33 Å². The zero-order valence-electron chi connectivity index (χ0n) is 14.7. The fourth-order valence-corrected chi connectivity index (χ4v) is 3.79. The van der Waals surface area contributed by atoms with E-state index in [0.29, 0.717) is 0 Å². The molecule has 0 amide bonds. The summed E-state index contributed by atoms with van der Waals surface area (Å²) < 4.78 is 5.40. The SMILES string of the molecule is c1ccc2c(c1)CCCc1c(NCCCN3CCOCC3)ncnc1-2. The van der Waals surface area contributed by atoms with Crippen LogP contribution in [0.1, 0.15) is 24.0 Å². The largest absolute Gasteiger partial charge is 0.379 e. The maximum atomic E-state index is 5.40. The summed E-state index contributed by atoms with van der Waals surface area (Å²) in [5.41, 5.74) is 5.06. The lowest BCUT2D eigenvalue weighted by Gasteiger charge is -2.26. The van der Waals surface area contributed by atoms with Crippen molar-refractivity contribution >= 4 is 5.82 Å². The summed E-state index contributed by atoms with van der Waals surface area (Å²) in [5.74, 6) is 1.02. The standard InChI is InChI=1S/C20H26N4O/c1-2-7-17-16(5-1)6-3-8-18-19(17)22-15-23-20(18)21-9-4-10-24-11-13-25-14-12-24/h1-2,5,7,15H,3-4,6,8-14H2,(H,21,22,23). The molecule has 0 saturated carbocycles. The van der Waals surface area contributed by atoms with Gasteiger partial charge in [-0.1, -0.05) is 24.3 Å². The minimum Gasteiger partial charge on any atom is -0.379 e. The third-order valence-corrected chi connectivity index (χ3v) is 5.14. The third-order valence-electron chi connectivity index (χ3n) is 5.14. The van der Waals surface area contributed by atoms with E-state index in [-0.39, 0.29) is 0 Å². The topological polar surface area (TPSA) is 50.3 Å².